The van der Waals surface area contributed by atoms with Crippen molar-refractivity contribution in [2.75, 3.05) is 0 Å². The van der Waals surface area contributed by atoms with Crippen LogP contribution in [0.1, 0.15) is 5.56 Å². The number of hydrogen-bond acceptors (Lipinski definition) is 5. The molecule has 70 valence electrons. The zero-order valence-corrected chi connectivity index (χ0v) is 7.01. The maximum absolute atomic E-state index is 8.57. The highest BCUT2D eigenvalue weighted by Crippen LogP contribution is 2.12. The number of rotatable bonds is 4. The Kier molecular flexibility index (Phi) is 3.72. The Morgan fingerprint density at radius 3 is 2.77 bits per heavy atom. The van der Waals surface area contributed by atoms with Gasteiger partial charge in [0.05, 0.1) is 0 Å². The van der Waals surface area contributed by atoms with Crippen molar-refractivity contribution in [3.8, 4) is 5.75 Å². The molecule has 6 heteroatoms. The molecule has 0 bridgehead atoms. The van der Waals surface area contributed by atoms with E-state index in [0.717, 1.165) is 5.56 Å². The predicted molar refractivity (Wildman–Crippen MR) is 44.6 cm³/mol. The molecule has 0 fully saturated rings. The maximum atomic E-state index is 8.57. The van der Waals surface area contributed by atoms with Crippen LogP contribution in [-0.2, 0) is 9.61 Å². The van der Waals surface area contributed by atoms with Crippen LogP contribution in [0.4, 0.5) is 0 Å². The van der Waals surface area contributed by atoms with E-state index in [1.54, 1.807) is 18.2 Å². The molecule has 13 heavy (non-hydrogen) atoms. The summed E-state index contributed by atoms with van der Waals surface area (Å²) >= 11 is 0. The van der Waals surface area contributed by atoms with E-state index in [4.69, 9.17) is 10.3 Å². The Hall–Kier alpha value is -1.08. The van der Waals surface area contributed by atoms with Crippen molar-refractivity contribution in [3.63, 3.8) is 0 Å². The molecule has 0 aromatic heterocycles. The summed E-state index contributed by atoms with van der Waals surface area (Å²) in [5, 5.41) is 16.5. The van der Waals surface area contributed by atoms with Crippen molar-refractivity contribution >= 4 is 7.32 Å². The summed E-state index contributed by atoms with van der Waals surface area (Å²) in [5.41, 5.74) is 0.987. The van der Waals surface area contributed by atoms with Gasteiger partial charge in [-0.3, -0.25) is 5.26 Å². The third-order valence-corrected chi connectivity index (χ3v) is 1.31. The number of hydrogen-bond donors (Lipinski definition) is 2. The highest BCUT2D eigenvalue weighted by molar-refractivity contribution is 6.33. The molecule has 0 saturated carbocycles. The molecular formula is C7H9BO5. The Labute approximate surface area is 75.5 Å². The second-order valence-corrected chi connectivity index (χ2v) is 2.41. The lowest BCUT2D eigenvalue weighted by molar-refractivity contribution is -0.229. The second kappa shape index (κ2) is 4.83. The van der Waals surface area contributed by atoms with Gasteiger partial charge in [0, 0.05) is 0 Å². The lowest BCUT2D eigenvalue weighted by Gasteiger charge is -2.04. The first kappa shape index (κ1) is 10.0. The van der Waals surface area contributed by atoms with Crippen molar-refractivity contribution < 1.29 is 24.8 Å². The largest absolute Gasteiger partial charge is 0.703 e. The van der Waals surface area contributed by atoms with Crippen molar-refractivity contribution in [1.82, 2.24) is 0 Å². The normalized spacial score (nSPS) is 9.77. The molecule has 0 amide bonds. The minimum absolute atomic E-state index is 0.413. The van der Waals surface area contributed by atoms with E-state index in [1.165, 1.54) is 0 Å². The predicted octanol–water partition coefficient (Wildman–Crippen LogP) is 0.772. The first-order valence-corrected chi connectivity index (χ1v) is 3.60. The Bertz CT molecular complexity index is 267. The molecule has 0 aliphatic rings. The molecule has 1 rings (SSSR count). The van der Waals surface area contributed by atoms with Gasteiger partial charge in [-0.1, -0.05) is 12.1 Å². The zero-order chi connectivity index (χ0) is 9.68. The molecule has 0 heterocycles. The van der Waals surface area contributed by atoms with Gasteiger partial charge in [-0.2, -0.15) is 4.81 Å². The van der Waals surface area contributed by atoms with Gasteiger partial charge in [0.15, 0.2) is 5.75 Å². The molecule has 0 radical (unpaired) electrons. The summed E-state index contributed by atoms with van der Waals surface area (Å²) < 4.78 is 0. The van der Waals surface area contributed by atoms with E-state index in [0.29, 0.717) is 5.75 Å². The van der Waals surface area contributed by atoms with Gasteiger partial charge in [0.25, 0.3) is 0 Å². The third kappa shape index (κ3) is 3.43. The van der Waals surface area contributed by atoms with Crippen molar-refractivity contribution in [3.05, 3.63) is 29.8 Å². The molecule has 0 aliphatic heterocycles. The maximum Gasteiger partial charge on any atom is 0.703 e. The number of aryl methyl sites for hydroxylation is 1. The van der Waals surface area contributed by atoms with Gasteiger partial charge in [0.2, 0.25) is 0 Å². The van der Waals surface area contributed by atoms with Crippen LogP contribution >= 0.6 is 0 Å². The summed E-state index contributed by atoms with van der Waals surface area (Å²) in [7, 11) is -1.81. The summed E-state index contributed by atoms with van der Waals surface area (Å²) in [6.07, 6.45) is 0. The molecule has 5 nitrogen and oxygen atoms in total. The van der Waals surface area contributed by atoms with Crippen LogP contribution in [-0.4, -0.2) is 17.6 Å². The first-order valence-electron chi connectivity index (χ1n) is 3.60. The van der Waals surface area contributed by atoms with E-state index < -0.39 is 7.32 Å². The Morgan fingerprint density at radius 1 is 1.38 bits per heavy atom. The minimum atomic E-state index is -1.81. The standard InChI is InChI=1S/C7H9BO5/c1-6-3-2-4-7(5-6)11-13-8(9)12-10/h2-5,9-10H,1H3. The van der Waals surface area contributed by atoms with Crippen LogP contribution in [0.3, 0.4) is 0 Å². The fraction of sp³-hybridized carbons (Fsp3) is 0.143. The molecule has 1 aromatic carbocycles. The molecule has 0 atom stereocenters. The average molecular weight is 184 g/mol. The van der Waals surface area contributed by atoms with Crippen LogP contribution in [0.15, 0.2) is 24.3 Å². The van der Waals surface area contributed by atoms with Crippen molar-refractivity contribution in [1.29, 1.82) is 0 Å². The SMILES string of the molecule is Cc1cccc(OOB(O)OO)c1. The van der Waals surface area contributed by atoms with Crippen LogP contribution in [0.5, 0.6) is 5.75 Å². The van der Waals surface area contributed by atoms with Gasteiger partial charge in [0.1, 0.15) is 0 Å². The second-order valence-electron chi connectivity index (χ2n) is 2.41. The van der Waals surface area contributed by atoms with E-state index in [-0.39, 0.29) is 0 Å². The molecule has 1 aromatic rings. The average Bonchev–Trinajstić information content (AvgIpc) is 2.14. The monoisotopic (exact) mass is 184 g/mol. The summed E-state index contributed by atoms with van der Waals surface area (Å²) in [6.45, 7) is 1.88. The van der Waals surface area contributed by atoms with Crippen LogP contribution in [0.25, 0.3) is 0 Å². The molecule has 0 unspecified atom stereocenters. The van der Waals surface area contributed by atoms with Crippen LogP contribution in [0, 0.1) is 6.92 Å². The highest BCUT2D eigenvalue weighted by atomic mass is 17.3. The smallest absolute Gasteiger partial charge is 0.398 e. The van der Waals surface area contributed by atoms with Gasteiger partial charge < -0.3 is 9.91 Å². The van der Waals surface area contributed by atoms with E-state index in [9.17, 15) is 0 Å². The van der Waals surface area contributed by atoms with E-state index in [1.807, 2.05) is 13.0 Å². The lowest BCUT2D eigenvalue weighted by Crippen LogP contribution is -2.22. The van der Waals surface area contributed by atoms with Gasteiger partial charge in [-0.25, -0.2) is 4.81 Å². The fourth-order valence-corrected chi connectivity index (χ4v) is 0.781. The van der Waals surface area contributed by atoms with E-state index in [2.05, 4.69) is 14.5 Å². The lowest BCUT2D eigenvalue weighted by atomic mass is 10.2. The number of benzene rings is 1. The quantitative estimate of drug-likeness (QED) is 0.411. The summed E-state index contributed by atoms with van der Waals surface area (Å²) in [4.78, 5) is 12.2. The molecule has 0 saturated heterocycles. The molecular weight excluding hydrogens is 175 g/mol. The fourth-order valence-electron chi connectivity index (χ4n) is 0.781. The summed E-state index contributed by atoms with van der Waals surface area (Å²) in [6, 6.07) is 6.98. The van der Waals surface area contributed by atoms with Crippen molar-refractivity contribution in [2.45, 2.75) is 6.92 Å². The highest BCUT2D eigenvalue weighted by Gasteiger charge is 2.17. The third-order valence-electron chi connectivity index (χ3n) is 1.31. The van der Waals surface area contributed by atoms with Crippen LogP contribution < -0.4 is 4.89 Å². The first-order chi connectivity index (χ1) is 6.22. The van der Waals surface area contributed by atoms with Gasteiger partial charge >= 0.3 is 7.32 Å². The topological polar surface area (TPSA) is 68.2 Å². The van der Waals surface area contributed by atoms with Gasteiger partial charge in [-0.05, 0) is 24.6 Å². The van der Waals surface area contributed by atoms with Crippen molar-refractivity contribution in [2.24, 2.45) is 0 Å². The van der Waals surface area contributed by atoms with Crippen LogP contribution in [0.2, 0.25) is 0 Å². The molecule has 0 aliphatic carbocycles. The minimum Gasteiger partial charge on any atom is -0.398 e. The molecule has 2 N–H and O–H groups in total. The zero-order valence-electron chi connectivity index (χ0n) is 7.01. The van der Waals surface area contributed by atoms with Gasteiger partial charge in [-0.15, -0.1) is 0 Å². The Morgan fingerprint density at radius 2 is 2.15 bits per heavy atom. The molecule has 0 spiro atoms. The van der Waals surface area contributed by atoms with E-state index >= 15 is 0 Å². The Balaban J connectivity index is 2.45. The summed E-state index contributed by atoms with van der Waals surface area (Å²) in [5.74, 6) is 0.413.